The smallest absolute Gasteiger partial charge is 0.345 e. The Bertz CT molecular complexity index is 1010. The molecule has 0 aliphatic carbocycles. The highest BCUT2D eigenvalue weighted by Gasteiger charge is 2.19. The number of aromatic carboxylic acids is 1. The van der Waals surface area contributed by atoms with Gasteiger partial charge in [0.25, 0.3) is 11.1 Å². The Hall–Kier alpha value is -2.51. The third kappa shape index (κ3) is 2.30. The summed E-state index contributed by atoms with van der Waals surface area (Å²) in [6, 6.07) is 5.84. The van der Waals surface area contributed by atoms with Gasteiger partial charge in [0.15, 0.2) is 11.2 Å². The summed E-state index contributed by atoms with van der Waals surface area (Å²) in [7, 11) is 0. The fourth-order valence-corrected chi connectivity index (χ4v) is 2.66. The van der Waals surface area contributed by atoms with Crippen LogP contribution in [0.4, 0.5) is 0 Å². The molecule has 112 valence electrons. The van der Waals surface area contributed by atoms with E-state index in [0.29, 0.717) is 15.6 Å². The second-order valence-electron chi connectivity index (χ2n) is 4.48. The standard InChI is InChI=1S/C13H7Cl2N3O4/c14-6-1-5(2-7(15)3-6)8-4-9(19)18-11(16-8)10(13(21)22)12(20)17-18/h1-4,16H,(H,17,20)(H,21,22). The summed E-state index contributed by atoms with van der Waals surface area (Å²) in [5, 5.41) is 12.0. The van der Waals surface area contributed by atoms with Gasteiger partial charge in [-0.1, -0.05) is 23.2 Å². The van der Waals surface area contributed by atoms with Crippen molar-refractivity contribution >= 4 is 34.8 Å². The van der Waals surface area contributed by atoms with E-state index in [4.69, 9.17) is 28.3 Å². The van der Waals surface area contributed by atoms with E-state index in [2.05, 4.69) is 10.1 Å². The highest BCUT2D eigenvalue weighted by Crippen LogP contribution is 2.25. The quantitative estimate of drug-likeness (QED) is 0.663. The van der Waals surface area contributed by atoms with Crippen molar-refractivity contribution in [1.29, 1.82) is 0 Å². The second kappa shape index (κ2) is 5.04. The summed E-state index contributed by atoms with van der Waals surface area (Å²) in [6.45, 7) is 0. The lowest BCUT2D eigenvalue weighted by atomic mass is 10.1. The first-order valence-electron chi connectivity index (χ1n) is 5.94. The SMILES string of the molecule is O=C(O)c1c(=O)[nH]n2c(=O)cc(-c3cc(Cl)cc(Cl)c3)[nH]c12. The number of nitrogens with zero attached hydrogens (tertiary/aromatic N) is 1. The van der Waals surface area contributed by atoms with Crippen LogP contribution >= 0.6 is 23.2 Å². The summed E-state index contributed by atoms with van der Waals surface area (Å²) < 4.78 is 0.835. The number of fused-ring (bicyclic) bond motifs is 1. The third-order valence-corrected chi connectivity index (χ3v) is 3.47. The number of nitrogens with one attached hydrogen (secondary N) is 2. The van der Waals surface area contributed by atoms with E-state index in [1.165, 1.54) is 12.1 Å². The van der Waals surface area contributed by atoms with Crippen LogP contribution in [0.1, 0.15) is 10.4 Å². The van der Waals surface area contributed by atoms with E-state index >= 15 is 0 Å². The molecule has 7 nitrogen and oxygen atoms in total. The van der Waals surface area contributed by atoms with Crippen molar-refractivity contribution in [3.8, 4) is 11.3 Å². The van der Waals surface area contributed by atoms with Gasteiger partial charge in [0.1, 0.15) is 0 Å². The van der Waals surface area contributed by atoms with Gasteiger partial charge in [0, 0.05) is 21.7 Å². The molecular weight excluding hydrogens is 333 g/mol. The Morgan fingerprint density at radius 3 is 2.32 bits per heavy atom. The average Bonchev–Trinajstić information content (AvgIpc) is 2.74. The molecule has 0 bridgehead atoms. The number of halogens is 2. The van der Waals surface area contributed by atoms with Crippen molar-refractivity contribution in [2.24, 2.45) is 0 Å². The number of rotatable bonds is 2. The van der Waals surface area contributed by atoms with Gasteiger partial charge in [-0.05, 0) is 18.2 Å². The molecule has 0 unspecified atom stereocenters. The molecule has 3 rings (SSSR count). The van der Waals surface area contributed by atoms with Gasteiger partial charge in [-0.25, -0.2) is 4.79 Å². The molecule has 0 aliphatic rings. The van der Waals surface area contributed by atoms with E-state index in [1.807, 2.05) is 0 Å². The van der Waals surface area contributed by atoms with Gasteiger partial charge in [-0.3, -0.25) is 14.7 Å². The highest BCUT2D eigenvalue weighted by molar-refractivity contribution is 6.35. The zero-order valence-corrected chi connectivity index (χ0v) is 12.2. The monoisotopic (exact) mass is 339 g/mol. The van der Waals surface area contributed by atoms with Crippen molar-refractivity contribution in [2.45, 2.75) is 0 Å². The van der Waals surface area contributed by atoms with Crippen LogP contribution < -0.4 is 11.1 Å². The summed E-state index contributed by atoms with van der Waals surface area (Å²) >= 11 is 11.8. The number of hydrogen-bond acceptors (Lipinski definition) is 3. The van der Waals surface area contributed by atoms with Crippen molar-refractivity contribution in [1.82, 2.24) is 14.6 Å². The van der Waals surface area contributed by atoms with Gasteiger partial charge in [-0.2, -0.15) is 4.52 Å². The fraction of sp³-hybridized carbons (Fsp3) is 0. The molecule has 1 aromatic carbocycles. The predicted octanol–water partition coefficient (Wildman–Crippen LogP) is 1.99. The van der Waals surface area contributed by atoms with Crippen LogP contribution in [0.15, 0.2) is 33.9 Å². The van der Waals surface area contributed by atoms with E-state index < -0.39 is 22.7 Å². The minimum atomic E-state index is -1.44. The number of carboxylic acid groups (broad SMARTS) is 1. The lowest BCUT2D eigenvalue weighted by Crippen LogP contribution is -2.15. The number of aromatic nitrogens is 3. The summed E-state index contributed by atoms with van der Waals surface area (Å²) in [5.41, 5.74) is -1.38. The molecule has 22 heavy (non-hydrogen) atoms. The molecule has 9 heteroatoms. The van der Waals surface area contributed by atoms with E-state index in [0.717, 1.165) is 4.52 Å². The van der Waals surface area contributed by atoms with E-state index in [1.54, 1.807) is 12.1 Å². The first-order chi connectivity index (χ1) is 10.4. The Morgan fingerprint density at radius 1 is 1.09 bits per heavy atom. The molecule has 0 radical (unpaired) electrons. The lowest BCUT2D eigenvalue weighted by molar-refractivity contribution is 0.0697. The molecule has 0 atom stereocenters. The number of aromatic amines is 2. The van der Waals surface area contributed by atoms with Gasteiger partial charge >= 0.3 is 5.97 Å². The van der Waals surface area contributed by atoms with Crippen molar-refractivity contribution in [3.63, 3.8) is 0 Å². The zero-order chi connectivity index (χ0) is 16.0. The zero-order valence-electron chi connectivity index (χ0n) is 10.7. The Morgan fingerprint density at radius 2 is 1.73 bits per heavy atom. The van der Waals surface area contributed by atoms with Crippen molar-refractivity contribution in [3.05, 3.63) is 60.6 Å². The first-order valence-corrected chi connectivity index (χ1v) is 6.70. The Balaban J connectivity index is 2.37. The van der Waals surface area contributed by atoms with E-state index in [9.17, 15) is 14.4 Å². The summed E-state index contributed by atoms with van der Waals surface area (Å²) in [6.07, 6.45) is 0. The normalized spacial score (nSPS) is 11.0. The maximum atomic E-state index is 12.0. The summed E-state index contributed by atoms with van der Waals surface area (Å²) in [5.74, 6) is -1.44. The van der Waals surface area contributed by atoms with Gasteiger partial charge in [0.05, 0.1) is 5.69 Å². The molecular formula is C13H7Cl2N3O4. The molecule has 3 N–H and O–H groups in total. The lowest BCUT2D eigenvalue weighted by Gasteiger charge is -2.05. The first kappa shape index (κ1) is 14.4. The third-order valence-electron chi connectivity index (χ3n) is 3.03. The molecule has 0 spiro atoms. The van der Waals surface area contributed by atoms with Crippen LogP contribution in [-0.2, 0) is 0 Å². The molecule has 0 amide bonds. The Labute approximate surface area is 131 Å². The minimum absolute atomic E-state index is 0.143. The van der Waals surface area contributed by atoms with Crippen LogP contribution in [0.3, 0.4) is 0 Å². The molecule has 0 fully saturated rings. The van der Waals surface area contributed by atoms with Crippen LogP contribution in [0, 0.1) is 0 Å². The molecule has 0 saturated heterocycles. The van der Waals surface area contributed by atoms with Gasteiger partial charge < -0.3 is 10.1 Å². The maximum absolute atomic E-state index is 12.0. The van der Waals surface area contributed by atoms with Crippen LogP contribution in [0.25, 0.3) is 16.9 Å². The van der Waals surface area contributed by atoms with Gasteiger partial charge in [-0.15, -0.1) is 0 Å². The van der Waals surface area contributed by atoms with Crippen molar-refractivity contribution in [2.75, 3.05) is 0 Å². The maximum Gasteiger partial charge on any atom is 0.345 e. The van der Waals surface area contributed by atoms with Crippen LogP contribution in [0.2, 0.25) is 10.0 Å². The van der Waals surface area contributed by atoms with Crippen molar-refractivity contribution < 1.29 is 9.90 Å². The molecule has 2 heterocycles. The number of hydrogen-bond donors (Lipinski definition) is 3. The van der Waals surface area contributed by atoms with Gasteiger partial charge in [0.2, 0.25) is 0 Å². The minimum Gasteiger partial charge on any atom is -0.477 e. The average molecular weight is 340 g/mol. The Kier molecular flexibility index (Phi) is 3.31. The number of carbonyl (C=O) groups is 1. The topological polar surface area (TPSA) is 107 Å². The largest absolute Gasteiger partial charge is 0.477 e. The molecule has 3 aromatic rings. The number of H-pyrrole nitrogens is 2. The number of benzene rings is 1. The number of carboxylic acids is 1. The van der Waals surface area contributed by atoms with Crippen LogP contribution in [-0.4, -0.2) is 25.7 Å². The fourth-order valence-electron chi connectivity index (χ4n) is 2.13. The highest BCUT2D eigenvalue weighted by atomic mass is 35.5. The predicted molar refractivity (Wildman–Crippen MR) is 81.1 cm³/mol. The second-order valence-corrected chi connectivity index (χ2v) is 5.36. The molecule has 0 aliphatic heterocycles. The van der Waals surface area contributed by atoms with E-state index in [-0.39, 0.29) is 11.3 Å². The summed E-state index contributed by atoms with van der Waals surface area (Å²) in [4.78, 5) is 37.6. The molecule has 2 aromatic heterocycles. The van der Waals surface area contributed by atoms with Crippen LogP contribution in [0.5, 0.6) is 0 Å². The molecule has 0 saturated carbocycles.